The molecule has 1 fully saturated rings. The highest BCUT2D eigenvalue weighted by Gasteiger charge is 2.39. The van der Waals surface area contributed by atoms with Crippen LogP contribution in [-0.2, 0) is 0 Å². The number of aromatic nitrogens is 1. The van der Waals surface area contributed by atoms with Crippen LogP contribution in [0.4, 0.5) is 27.6 Å². The molecular weight excluding hydrogens is 523 g/mol. The first-order chi connectivity index (χ1) is 17.4. The van der Waals surface area contributed by atoms with Crippen LogP contribution in [0.1, 0.15) is 52.1 Å². The Bertz CT molecular complexity index is 1370. The lowest BCUT2D eigenvalue weighted by Gasteiger charge is -2.21. The highest BCUT2D eigenvalue weighted by atomic mass is 35.5. The summed E-state index contributed by atoms with van der Waals surface area (Å²) in [6, 6.07) is 7.77. The van der Waals surface area contributed by atoms with Crippen molar-refractivity contribution < 1.29 is 41.4 Å². The lowest BCUT2D eigenvalue weighted by molar-refractivity contribution is -0.189. The Hall–Kier alpha value is -3.73. The molecule has 4 rings (SSSR count). The van der Waals surface area contributed by atoms with Crippen LogP contribution in [0.2, 0.25) is 5.02 Å². The van der Waals surface area contributed by atoms with E-state index >= 15 is 4.39 Å². The van der Waals surface area contributed by atoms with E-state index in [1.807, 2.05) is 0 Å². The van der Waals surface area contributed by atoms with Gasteiger partial charge in [-0.1, -0.05) is 23.7 Å². The van der Waals surface area contributed by atoms with Gasteiger partial charge in [-0.15, -0.1) is 0 Å². The molecule has 1 aromatic heterocycles. The molecule has 0 aliphatic heterocycles. The van der Waals surface area contributed by atoms with Gasteiger partial charge in [0.05, 0.1) is 22.0 Å². The van der Waals surface area contributed by atoms with Crippen LogP contribution in [0.3, 0.4) is 0 Å². The first-order valence-corrected chi connectivity index (χ1v) is 11.3. The van der Waals surface area contributed by atoms with Crippen LogP contribution in [-0.4, -0.2) is 34.2 Å². The number of aromatic carboxylic acids is 1. The number of pyridine rings is 1. The second-order valence-electron chi connectivity index (χ2n) is 8.39. The van der Waals surface area contributed by atoms with E-state index in [1.165, 1.54) is 24.3 Å². The zero-order valence-corrected chi connectivity index (χ0v) is 19.8. The molecule has 12 heteroatoms. The summed E-state index contributed by atoms with van der Waals surface area (Å²) in [6.45, 7) is 0.684. The van der Waals surface area contributed by atoms with Crippen LogP contribution in [0, 0.1) is 11.6 Å². The molecule has 0 bridgehead atoms. The summed E-state index contributed by atoms with van der Waals surface area (Å²) in [5.41, 5.74) is -1.55. The third kappa shape index (κ3) is 5.66. The van der Waals surface area contributed by atoms with Crippen LogP contribution in [0.15, 0.2) is 42.5 Å². The number of benzene rings is 2. The number of anilines is 1. The van der Waals surface area contributed by atoms with Crippen LogP contribution in [0.5, 0.6) is 5.75 Å². The van der Waals surface area contributed by atoms with Gasteiger partial charge >= 0.3 is 12.1 Å². The number of amides is 1. The van der Waals surface area contributed by atoms with E-state index in [-0.39, 0.29) is 22.3 Å². The van der Waals surface area contributed by atoms with Gasteiger partial charge in [0.1, 0.15) is 17.4 Å². The summed E-state index contributed by atoms with van der Waals surface area (Å²) in [4.78, 5) is 28.6. The van der Waals surface area contributed by atoms with Crippen molar-refractivity contribution in [2.24, 2.45) is 0 Å². The normalized spacial score (nSPS) is 14.2. The first-order valence-electron chi connectivity index (χ1n) is 10.9. The molecule has 1 heterocycles. The molecular formula is C25H18ClF5N2O4. The van der Waals surface area contributed by atoms with Crippen molar-refractivity contribution in [3.8, 4) is 17.0 Å². The van der Waals surface area contributed by atoms with E-state index in [0.717, 1.165) is 25.0 Å². The lowest BCUT2D eigenvalue weighted by atomic mass is 10.0. The Kier molecular flexibility index (Phi) is 7.09. The molecule has 6 nitrogen and oxygen atoms in total. The van der Waals surface area contributed by atoms with E-state index in [4.69, 9.17) is 16.3 Å². The molecule has 1 atom stereocenters. The highest BCUT2D eigenvalue weighted by molar-refractivity contribution is 6.34. The largest absolute Gasteiger partial charge is 0.480 e. The maximum absolute atomic E-state index is 15.2. The molecule has 1 saturated carbocycles. The number of nitrogens with one attached hydrogen (secondary N) is 1. The Morgan fingerprint density at radius 3 is 2.43 bits per heavy atom. The SMILES string of the molecule is C[C@H](Oc1cc(-c2ccc(C3CC3)c(C(=O)O)n2)c(F)cc1C(=O)Nc1c(F)cccc1Cl)C(F)(F)F. The molecule has 37 heavy (non-hydrogen) atoms. The van der Waals surface area contributed by atoms with Gasteiger partial charge in [0, 0.05) is 5.56 Å². The molecule has 3 aromatic rings. The van der Waals surface area contributed by atoms with Crippen molar-refractivity contribution in [3.05, 3.63) is 75.9 Å². The summed E-state index contributed by atoms with van der Waals surface area (Å²) in [5, 5.41) is 11.5. The maximum atomic E-state index is 15.2. The van der Waals surface area contributed by atoms with Gasteiger partial charge in [0.25, 0.3) is 5.91 Å². The second-order valence-corrected chi connectivity index (χ2v) is 8.80. The van der Waals surface area contributed by atoms with Crippen molar-refractivity contribution in [2.75, 3.05) is 5.32 Å². The number of halogens is 6. The number of alkyl halides is 3. The fourth-order valence-electron chi connectivity index (χ4n) is 3.59. The molecule has 0 unspecified atom stereocenters. The van der Waals surface area contributed by atoms with Gasteiger partial charge in [-0.25, -0.2) is 18.6 Å². The van der Waals surface area contributed by atoms with Crippen molar-refractivity contribution in [1.82, 2.24) is 4.98 Å². The standard InChI is InChI=1S/C25H18ClF5N2O4/c1-11(25(29,30)31)37-20-10-14(19-8-7-13(12-5-6-12)21(32-19)24(35)36)18(28)9-15(20)23(34)33-22-16(26)3-2-4-17(22)27/h2-4,7-12H,5-6H2,1H3,(H,33,34)(H,35,36)/t11-/m0/s1. The molecule has 2 aromatic carbocycles. The second kappa shape index (κ2) is 9.97. The Balaban J connectivity index is 1.80. The van der Waals surface area contributed by atoms with Crippen molar-refractivity contribution in [3.63, 3.8) is 0 Å². The predicted molar refractivity (Wildman–Crippen MR) is 124 cm³/mol. The average molecular weight is 541 g/mol. The molecule has 1 aliphatic carbocycles. The minimum Gasteiger partial charge on any atom is -0.480 e. The van der Waals surface area contributed by atoms with Gasteiger partial charge in [-0.3, -0.25) is 4.79 Å². The zero-order valence-electron chi connectivity index (χ0n) is 19.0. The van der Waals surface area contributed by atoms with E-state index in [0.29, 0.717) is 18.6 Å². The summed E-state index contributed by atoms with van der Waals surface area (Å²) in [5.74, 6) is -5.23. The third-order valence-corrected chi connectivity index (χ3v) is 6.02. The number of carbonyl (C=O) groups is 2. The minimum absolute atomic E-state index is 0.0142. The molecule has 1 aliphatic rings. The van der Waals surface area contributed by atoms with Crippen molar-refractivity contribution in [1.29, 1.82) is 0 Å². The summed E-state index contributed by atoms with van der Waals surface area (Å²) < 4.78 is 74.1. The van der Waals surface area contributed by atoms with E-state index in [9.17, 15) is 32.3 Å². The number of carboxylic acids is 1. The van der Waals surface area contributed by atoms with Crippen molar-refractivity contribution >= 4 is 29.2 Å². The third-order valence-electron chi connectivity index (χ3n) is 5.70. The monoisotopic (exact) mass is 540 g/mol. The number of carbonyl (C=O) groups excluding carboxylic acids is 1. The van der Waals surface area contributed by atoms with Gasteiger partial charge < -0.3 is 15.2 Å². The lowest BCUT2D eigenvalue weighted by Crippen LogP contribution is -2.32. The summed E-state index contributed by atoms with van der Waals surface area (Å²) in [7, 11) is 0. The topological polar surface area (TPSA) is 88.5 Å². The number of ether oxygens (including phenoxy) is 1. The molecule has 0 saturated heterocycles. The fraction of sp³-hybridized carbons (Fsp3) is 0.240. The number of carboxylic acid groups (broad SMARTS) is 1. The number of hydrogen-bond acceptors (Lipinski definition) is 4. The van der Waals surface area contributed by atoms with Gasteiger partial charge in [0.2, 0.25) is 0 Å². The molecule has 1 amide bonds. The van der Waals surface area contributed by atoms with Crippen LogP contribution >= 0.6 is 11.6 Å². The average Bonchev–Trinajstić information content (AvgIpc) is 3.66. The van der Waals surface area contributed by atoms with E-state index in [1.54, 1.807) is 0 Å². The van der Waals surface area contributed by atoms with Gasteiger partial charge in [-0.05, 0) is 61.6 Å². The molecule has 0 spiro atoms. The quantitative estimate of drug-likeness (QED) is 0.320. The van der Waals surface area contributed by atoms with Crippen LogP contribution < -0.4 is 10.1 Å². The molecule has 2 N–H and O–H groups in total. The maximum Gasteiger partial charge on any atom is 0.425 e. The number of hydrogen-bond donors (Lipinski definition) is 2. The van der Waals surface area contributed by atoms with Crippen LogP contribution in [0.25, 0.3) is 11.3 Å². The van der Waals surface area contributed by atoms with Crippen molar-refractivity contribution in [2.45, 2.75) is 38.0 Å². The zero-order chi connectivity index (χ0) is 27.1. The van der Waals surface area contributed by atoms with E-state index < -0.39 is 58.4 Å². The van der Waals surface area contributed by atoms with E-state index in [2.05, 4.69) is 10.3 Å². The summed E-state index contributed by atoms with van der Waals surface area (Å²) >= 11 is 5.90. The Labute approximate surface area is 212 Å². The summed E-state index contributed by atoms with van der Waals surface area (Å²) in [6.07, 6.45) is -5.69. The van der Waals surface area contributed by atoms with Gasteiger partial charge in [-0.2, -0.15) is 13.2 Å². The Morgan fingerprint density at radius 2 is 1.84 bits per heavy atom. The molecule has 0 radical (unpaired) electrons. The fourth-order valence-corrected chi connectivity index (χ4v) is 3.81. The first kappa shape index (κ1) is 26.3. The number of para-hydroxylation sites is 1. The van der Waals surface area contributed by atoms with Gasteiger partial charge in [0.15, 0.2) is 11.8 Å². The predicted octanol–water partition coefficient (Wildman–Crippen LogP) is 6.84. The highest BCUT2D eigenvalue weighted by Crippen LogP contribution is 2.42. The molecule has 194 valence electrons. The Morgan fingerprint density at radius 1 is 1.14 bits per heavy atom. The number of rotatable bonds is 7. The number of nitrogens with zero attached hydrogens (tertiary/aromatic N) is 1. The smallest absolute Gasteiger partial charge is 0.425 e. The minimum atomic E-state index is -4.84.